The van der Waals surface area contributed by atoms with E-state index < -0.39 is 4.92 Å². The van der Waals surface area contributed by atoms with Crippen molar-refractivity contribution >= 4 is 11.5 Å². The van der Waals surface area contributed by atoms with Crippen LogP contribution in [0.3, 0.4) is 0 Å². The molecule has 1 aromatic carbocycles. The zero-order valence-electron chi connectivity index (χ0n) is 8.56. The lowest BCUT2D eigenvalue weighted by Crippen LogP contribution is -2.17. The Morgan fingerprint density at radius 2 is 2.25 bits per heavy atom. The molecule has 0 amide bonds. The molecule has 1 aromatic rings. The lowest BCUT2D eigenvalue weighted by Gasteiger charge is -2.18. The van der Waals surface area contributed by atoms with E-state index in [1.807, 2.05) is 0 Å². The molecule has 6 heteroatoms. The molecule has 0 atom stereocenters. The molecule has 0 saturated heterocycles. The van der Waals surface area contributed by atoms with Gasteiger partial charge in [-0.05, 0) is 6.07 Å². The van der Waals surface area contributed by atoms with Crippen molar-refractivity contribution in [2.45, 2.75) is 6.42 Å². The maximum atomic E-state index is 11.6. The molecule has 0 unspecified atom stereocenters. The first-order chi connectivity index (χ1) is 7.65. The molecule has 0 saturated carbocycles. The topological polar surface area (TPSA) is 78.7 Å². The van der Waals surface area contributed by atoms with Crippen LogP contribution in [0.1, 0.15) is 16.8 Å². The van der Waals surface area contributed by atoms with Gasteiger partial charge in [0.1, 0.15) is 5.56 Å². The van der Waals surface area contributed by atoms with Crippen LogP contribution in [-0.2, 0) is 0 Å². The van der Waals surface area contributed by atoms with Crippen molar-refractivity contribution in [1.82, 2.24) is 0 Å². The molecule has 1 aliphatic heterocycles. The minimum Gasteiger partial charge on any atom is -0.493 e. The third-order valence-electron chi connectivity index (χ3n) is 2.37. The Bertz CT molecular complexity index is 469. The highest BCUT2D eigenvalue weighted by Gasteiger charge is 2.31. The van der Waals surface area contributed by atoms with E-state index in [-0.39, 0.29) is 35.8 Å². The number of nitrogens with zero attached hydrogens (tertiary/aromatic N) is 1. The Morgan fingerprint density at radius 1 is 1.50 bits per heavy atom. The number of benzene rings is 1. The van der Waals surface area contributed by atoms with E-state index in [2.05, 4.69) is 0 Å². The number of rotatable bonds is 2. The molecule has 6 nitrogen and oxygen atoms in total. The van der Waals surface area contributed by atoms with Gasteiger partial charge in [-0.2, -0.15) is 0 Å². The lowest BCUT2D eigenvalue weighted by atomic mass is 10.0. The Morgan fingerprint density at radius 3 is 2.88 bits per heavy atom. The van der Waals surface area contributed by atoms with E-state index in [1.54, 1.807) is 0 Å². The normalized spacial score (nSPS) is 13.9. The number of nitro groups is 1. The average Bonchev–Trinajstić information content (AvgIpc) is 2.28. The number of carbonyl (C=O) groups excluding carboxylic acids is 1. The predicted molar refractivity (Wildman–Crippen MR) is 54.1 cm³/mol. The molecule has 0 bridgehead atoms. The second-order valence-corrected chi connectivity index (χ2v) is 3.27. The fourth-order valence-corrected chi connectivity index (χ4v) is 1.65. The zero-order chi connectivity index (χ0) is 11.7. The highest BCUT2D eigenvalue weighted by Crippen LogP contribution is 2.40. The maximum absolute atomic E-state index is 11.6. The number of Topliss-reactive ketones (excluding diaryl/α,β-unsaturated/α-hetero) is 1. The standard InChI is InChI=1S/C10H9NO5/c1-15-8-3-2-6(11(13)14)9-7(12)4-5-16-10(8)9/h2-3H,4-5H2,1H3. The molecule has 0 spiro atoms. The molecule has 0 aliphatic carbocycles. The van der Waals surface area contributed by atoms with Crippen molar-refractivity contribution in [3.8, 4) is 11.5 Å². The van der Waals surface area contributed by atoms with E-state index in [1.165, 1.54) is 19.2 Å². The molecule has 0 aromatic heterocycles. The van der Waals surface area contributed by atoms with E-state index in [0.29, 0.717) is 5.75 Å². The summed E-state index contributed by atoms with van der Waals surface area (Å²) < 4.78 is 10.3. The minimum atomic E-state index is -0.592. The van der Waals surface area contributed by atoms with Crippen LogP contribution in [0.5, 0.6) is 11.5 Å². The minimum absolute atomic E-state index is 0.00981. The summed E-state index contributed by atoms with van der Waals surface area (Å²) in [4.78, 5) is 21.8. The second-order valence-electron chi connectivity index (χ2n) is 3.27. The molecule has 0 fully saturated rings. The third-order valence-corrected chi connectivity index (χ3v) is 2.37. The molecule has 0 N–H and O–H groups in total. The number of ketones is 1. The van der Waals surface area contributed by atoms with Gasteiger partial charge in [-0.3, -0.25) is 14.9 Å². The molecule has 1 heterocycles. The van der Waals surface area contributed by atoms with Crippen LogP contribution in [0.25, 0.3) is 0 Å². The van der Waals surface area contributed by atoms with E-state index >= 15 is 0 Å². The first-order valence-corrected chi connectivity index (χ1v) is 4.66. The summed E-state index contributed by atoms with van der Waals surface area (Å²) in [5, 5.41) is 10.8. The Hall–Kier alpha value is -2.11. The van der Waals surface area contributed by atoms with Crippen LogP contribution in [0, 0.1) is 10.1 Å². The van der Waals surface area contributed by atoms with E-state index in [9.17, 15) is 14.9 Å². The van der Waals surface area contributed by atoms with Crippen LogP contribution < -0.4 is 9.47 Å². The smallest absolute Gasteiger partial charge is 0.284 e. The van der Waals surface area contributed by atoms with Gasteiger partial charge < -0.3 is 9.47 Å². The first-order valence-electron chi connectivity index (χ1n) is 4.66. The lowest BCUT2D eigenvalue weighted by molar-refractivity contribution is -0.385. The maximum Gasteiger partial charge on any atom is 0.284 e. The highest BCUT2D eigenvalue weighted by molar-refractivity contribution is 6.04. The Labute approximate surface area is 90.9 Å². The number of nitro benzene ring substituents is 1. The summed E-state index contributed by atoms with van der Waals surface area (Å²) in [7, 11) is 1.42. The number of hydrogen-bond donors (Lipinski definition) is 0. The SMILES string of the molecule is COc1ccc([N+](=O)[O-])c2c1OCCC2=O. The first kappa shape index (κ1) is 10.4. The van der Waals surface area contributed by atoms with Crippen LogP contribution in [0.4, 0.5) is 5.69 Å². The second kappa shape index (κ2) is 3.80. The van der Waals surface area contributed by atoms with Gasteiger partial charge in [0.05, 0.1) is 18.6 Å². The van der Waals surface area contributed by atoms with Gasteiger partial charge in [0.2, 0.25) is 0 Å². The number of ether oxygens (including phenoxy) is 2. The Balaban J connectivity index is 2.68. The van der Waals surface area contributed by atoms with Crippen molar-refractivity contribution < 1.29 is 19.2 Å². The monoisotopic (exact) mass is 223 g/mol. The average molecular weight is 223 g/mol. The third kappa shape index (κ3) is 1.48. The molecular weight excluding hydrogens is 214 g/mol. The molecule has 2 rings (SSSR count). The van der Waals surface area contributed by atoms with Crippen molar-refractivity contribution in [3.63, 3.8) is 0 Å². The molecule has 16 heavy (non-hydrogen) atoms. The Kier molecular flexibility index (Phi) is 2.47. The molecule has 1 aliphatic rings. The quantitative estimate of drug-likeness (QED) is 0.561. The van der Waals surface area contributed by atoms with Gasteiger partial charge in [0.15, 0.2) is 17.3 Å². The van der Waals surface area contributed by atoms with Crippen LogP contribution >= 0.6 is 0 Å². The summed E-state index contributed by atoms with van der Waals surface area (Å²) in [6.45, 7) is 0.226. The highest BCUT2D eigenvalue weighted by atomic mass is 16.6. The largest absolute Gasteiger partial charge is 0.493 e. The van der Waals surface area contributed by atoms with Crippen LogP contribution in [0.2, 0.25) is 0 Å². The van der Waals surface area contributed by atoms with Crippen molar-refractivity contribution in [2.75, 3.05) is 13.7 Å². The van der Waals surface area contributed by atoms with Crippen molar-refractivity contribution in [1.29, 1.82) is 0 Å². The van der Waals surface area contributed by atoms with Gasteiger partial charge in [0.25, 0.3) is 5.69 Å². The number of fused-ring (bicyclic) bond motifs is 1. The van der Waals surface area contributed by atoms with Crippen molar-refractivity contribution in [2.24, 2.45) is 0 Å². The zero-order valence-corrected chi connectivity index (χ0v) is 8.56. The fourth-order valence-electron chi connectivity index (χ4n) is 1.65. The molecule has 84 valence electrons. The number of carbonyl (C=O) groups is 1. The summed E-state index contributed by atoms with van der Waals surface area (Å²) in [6, 6.07) is 2.68. The number of methoxy groups -OCH3 is 1. The summed E-state index contributed by atoms with van der Waals surface area (Å²) >= 11 is 0. The molecule has 0 radical (unpaired) electrons. The van der Waals surface area contributed by atoms with Crippen molar-refractivity contribution in [3.05, 3.63) is 27.8 Å². The van der Waals surface area contributed by atoms with Gasteiger partial charge in [-0.1, -0.05) is 0 Å². The van der Waals surface area contributed by atoms with Crippen LogP contribution in [0.15, 0.2) is 12.1 Å². The van der Waals surface area contributed by atoms with Gasteiger partial charge in [-0.25, -0.2) is 0 Å². The fraction of sp³-hybridized carbons (Fsp3) is 0.300. The van der Waals surface area contributed by atoms with Gasteiger partial charge in [-0.15, -0.1) is 0 Å². The van der Waals surface area contributed by atoms with E-state index in [0.717, 1.165) is 0 Å². The predicted octanol–water partition coefficient (Wildman–Crippen LogP) is 1.57. The molecular formula is C10H9NO5. The van der Waals surface area contributed by atoms with E-state index in [4.69, 9.17) is 9.47 Å². The summed E-state index contributed by atoms with van der Waals surface area (Å²) in [5.41, 5.74) is -0.226. The van der Waals surface area contributed by atoms with Gasteiger partial charge >= 0.3 is 0 Å². The number of hydrogen-bond acceptors (Lipinski definition) is 5. The van der Waals surface area contributed by atoms with Gasteiger partial charge in [0, 0.05) is 12.5 Å². The summed E-state index contributed by atoms with van der Waals surface area (Å²) in [5.74, 6) is 0.230. The van der Waals surface area contributed by atoms with Crippen LogP contribution in [-0.4, -0.2) is 24.4 Å². The summed E-state index contributed by atoms with van der Waals surface area (Å²) in [6.07, 6.45) is 0.154.